The Morgan fingerprint density at radius 1 is 1.10 bits per heavy atom. The second kappa shape index (κ2) is 9.15. The van der Waals surface area contributed by atoms with E-state index < -0.39 is 0 Å². The molecule has 0 aliphatic carbocycles. The lowest BCUT2D eigenvalue weighted by atomic mass is 9.88. The average molecular weight is 418 g/mol. The highest BCUT2D eigenvalue weighted by molar-refractivity contribution is 5.97. The van der Waals surface area contributed by atoms with E-state index in [1.807, 2.05) is 37.4 Å². The number of pyridine rings is 1. The molecule has 0 saturated carbocycles. The number of hydrogen-bond acceptors (Lipinski definition) is 4. The monoisotopic (exact) mass is 417 g/mol. The van der Waals surface area contributed by atoms with Crippen LogP contribution in [-0.2, 0) is 13.0 Å². The van der Waals surface area contributed by atoms with Gasteiger partial charge in [-0.05, 0) is 62.4 Å². The van der Waals surface area contributed by atoms with Crippen LogP contribution in [0.4, 0.5) is 0 Å². The molecule has 0 N–H and O–H groups in total. The molecule has 0 atom stereocenters. The predicted molar refractivity (Wildman–Crippen MR) is 124 cm³/mol. The van der Waals surface area contributed by atoms with Crippen molar-refractivity contribution in [2.75, 3.05) is 13.1 Å². The molecule has 1 saturated heterocycles. The molecule has 1 aliphatic heterocycles. The van der Waals surface area contributed by atoms with Crippen molar-refractivity contribution in [2.45, 2.75) is 46.6 Å². The number of rotatable bonds is 6. The van der Waals surface area contributed by atoms with Gasteiger partial charge in [0.25, 0.3) is 5.56 Å². The minimum absolute atomic E-state index is 0.0466. The summed E-state index contributed by atoms with van der Waals surface area (Å²) in [7, 11) is 0. The molecule has 0 spiro atoms. The lowest BCUT2D eigenvalue weighted by molar-refractivity contribution is 0.0834. The van der Waals surface area contributed by atoms with Gasteiger partial charge in [-0.25, -0.2) is 4.98 Å². The van der Waals surface area contributed by atoms with Gasteiger partial charge in [-0.2, -0.15) is 0 Å². The lowest BCUT2D eigenvalue weighted by Gasteiger charge is -2.31. The lowest BCUT2D eigenvalue weighted by Crippen LogP contribution is -2.36. The molecule has 0 bridgehead atoms. The van der Waals surface area contributed by atoms with Crippen molar-refractivity contribution < 1.29 is 4.79 Å². The van der Waals surface area contributed by atoms with E-state index in [-0.39, 0.29) is 17.3 Å². The van der Waals surface area contributed by atoms with Crippen LogP contribution in [0.3, 0.4) is 0 Å². The average Bonchev–Trinajstić information content (AvgIpc) is 2.74. The third kappa shape index (κ3) is 5.10. The quantitative estimate of drug-likeness (QED) is 0.561. The van der Waals surface area contributed by atoms with Crippen molar-refractivity contribution in [2.24, 2.45) is 11.8 Å². The van der Waals surface area contributed by atoms with Gasteiger partial charge in [-0.15, -0.1) is 0 Å². The number of aromatic nitrogens is 2. The van der Waals surface area contributed by atoms with Gasteiger partial charge in [0.2, 0.25) is 0 Å². The van der Waals surface area contributed by atoms with Crippen LogP contribution < -0.4 is 5.56 Å². The summed E-state index contributed by atoms with van der Waals surface area (Å²) in [5, 5.41) is 0. The molecule has 1 aromatic carbocycles. The minimum Gasteiger partial charge on any atom is -0.297 e. The van der Waals surface area contributed by atoms with Crippen molar-refractivity contribution in [1.82, 2.24) is 14.3 Å². The van der Waals surface area contributed by atoms with Gasteiger partial charge >= 0.3 is 0 Å². The van der Waals surface area contributed by atoms with Crippen LogP contribution >= 0.6 is 0 Å². The Hall–Kier alpha value is -2.79. The SMILES string of the molecule is Cc1ccc2nc(CN3CCC(C(=O)c4ccc(CC(C)C)cc4)CC3)cc(=O)n2c1. The molecule has 162 valence electrons. The first-order valence-corrected chi connectivity index (χ1v) is 11.2. The molecule has 3 heterocycles. The Kier molecular flexibility index (Phi) is 6.33. The number of benzene rings is 1. The molecule has 4 rings (SSSR count). The summed E-state index contributed by atoms with van der Waals surface area (Å²) >= 11 is 0. The molecule has 0 amide bonds. The standard InChI is InChI=1S/C26H31N3O2/c1-18(2)14-20-5-7-21(8-6-20)26(31)22-10-12-28(13-11-22)17-23-15-25(30)29-16-19(3)4-9-24(29)27-23/h4-9,15-16,18,22H,10-14,17H2,1-3H3. The Bertz CT molecular complexity index is 1120. The number of piperidine rings is 1. The molecule has 31 heavy (non-hydrogen) atoms. The normalized spacial score (nSPS) is 15.6. The van der Waals surface area contributed by atoms with Crippen LogP contribution in [0.1, 0.15) is 53.9 Å². The fraction of sp³-hybridized carbons (Fsp3) is 0.423. The number of fused-ring (bicyclic) bond motifs is 1. The zero-order chi connectivity index (χ0) is 22.0. The number of ketones is 1. The van der Waals surface area contributed by atoms with E-state index in [2.05, 4.69) is 35.9 Å². The van der Waals surface area contributed by atoms with Gasteiger partial charge < -0.3 is 0 Å². The molecule has 0 radical (unpaired) electrons. The molecule has 2 aromatic heterocycles. The number of likely N-dealkylation sites (tertiary alicyclic amines) is 1. The summed E-state index contributed by atoms with van der Waals surface area (Å²) in [6, 6.07) is 13.6. The van der Waals surface area contributed by atoms with Crippen molar-refractivity contribution >= 4 is 11.4 Å². The van der Waals surface area contributed by atoms with E-state index in [4.69, 9.17) is 0 Å². The van der Waals surface area contributed by atoms with Crippen LogP contribution in [0.5, 0.6) is 0 Å². The Labute approximate surface area is 183 Å². The maximum atomic E-state index is 12.9. The second-order valence-electron chi connectivity index (χ2n) is 9.23. The maximum Gasteiger partial charge on any atom is 0.258 e. The van der Waals surface area contributed by atoms with Gasteiger partial charge in [-0.3, -0.25) is 18.9 Å². The van der Waals surface area contributed by atoms with E-state index >= 15 is 0 Å². The van der Waals surface area contributed by atoms with E-state index in [1.165, 1.54) is 5.56 Å². The van der Waals surface area contributed by atoms with Gasteiger partial charge in [0, 0.05) is 30.3 Å². The smallest absolute Gasteiger partial charge is 0.258 e. The van der Waals surface area contributed by atoms with E-state index in [0.29, 0.717) is 18.1 Å². The summed E-state index contributed by atoms with van der Waals surface area (Å²) in [6.45, 7) is 8.71. The molecule has 5 heteroatoms. The van der Waals surface area contributed by atoms with Crippen LogP contribution in [0.2, 0.25) is 0 Å². The minimum atomic E-state index is -0.0466. The first kappa shape index (κ1) is 21.4. The zero-order valence-electron chi connectivity index (χ0n) is 18.7. The highest BCUT2D eigenvalue weighted by Crippen LogP contribution is 2.23. The number of Topliss-reactive ketones (excluding diaryl/α,β-unsaturated/α-hetero) is 1. The van der Waals surface area contributed by atoms with Crippen molar-refractivity contribution in [1.29, 1.82) is 0 Å². The Morgan fingerprint density at radius 3 is 2.48 bits per heavy atom. The second-order valence-corrected chi connectivity index (χ2v) is 9.23. The van der Waals surface area contributed by atoms with Gasteiger partial charge in [0.15, 0.2) is 5.78 Å². The summed E-state index contributed by atoms with van der Waals surface area (Å²) in [5.41, 5.74) is 4.57. The van der Waals surface area contributed by atoms with Gasteiger partial charge in [-0.1, -0.05) is 44.2 Å². The summed E-state index contributed by atoms with van der Waals surface area (Å²) in [4.78, 5) is 32.3. The Balaban J connectivity index is 1.36. The molecular weight excluding hydrogens is 386 g/mol. The number of hydrogen-bond donors (Lipinski definition) is 0. The number of carbonyl (C=O) groups excluding carboxylic acids is 1. The Morgan fingerprint density at radius 2 is 1.81 bits per heavy atom. The topological polar surface area (TPSA) is 54.7 Å². The summed E-state index contributed by atoms with van der Waals surface area (Å²) in [6.07, 6.45) is 4.55. The molecule has 1 fully saturated rings. The first-order valence-electron chi connectivity index (χ1n) is 11.2. The maximum absolute atomic E-state index is 12.9. The highest BCUT2D eigenvalue weighted by Gasteiger charge is 2.26. The largest absolute Gasteiger partial charge is 0.297 e. The van der Waals surface area contributed by atoms with E-state index in [1.54, 1.807) is 10.5 Å². The molecule has 3 aromatic rings. The number of nitrogens with zero attached hydrogens (tertiary/aromatic N) is 3. The fourth-order valence-electron chi connectivity index (χ4n) is 4.43. The fourth-order valence-corrected chi connectivity index (χ4v) is 4.43. The van der Waals surface area contributed by atoms with Crippen molar-refractivity contribution in [3.05, 3.63) is 81.4 Å². The third-order valence-electron chi connectivity index (χ3n) is 6.09. The molecule has 0 unspecified atom stereocenters. The van der Waals surface area contributed by atoms with Gasteiger partial charge in [0.05, 0.1) is 5.69 Å². The first-order chi connectivity index (χ1) is 14.9. The van der Waals surface area contributed by atoms with E-state index in [9.17, 15) is 9.59 Å². The molecular formula is C26H31N3O2. The number of carbonyl (C=O) groups is 1. The number of aryl methyl sites for hydroxylation is 1. The van der Waals surface area contributed by atoms with Gasteiger partial charge in [0.1, 0.15) is 5.65 Å². The summed E-state index contributed by atoms with van der Waals surface area (Å²) < 4.78 is 1.59. The molecule has 1 aliphatic rings. The van der Waals surface area contributed by atoms with Crippen LogP contribution in [0.25, 0.3) is 5.65 Å². The van der Waals surface area contributed by atoms with E-state index in [0.717, 1.165) is 49.2 Å². The third-order valence-corrected chi connectivity index (χ3v) is 6.09. The van der Waals surface area contributed by atoms with Crippen molar-refractivity contribution in [3.63, 3.8) is 0 Å². The van der Waals surface area contributed by atoms with Crippen LogP contribution in [-0.4, -0.2) is 33.2 Å². The van der Waals surface area contributed by atoms with Crippen molar-refractivity contribution in [3.8, 4) is 0 Å². The molecule has 5 nitrogen and oxygen atoms in total. The zero-order valence-corrected chi connectivity index (χ0v) is 18.7. The predicted octanol–water partition coefficient (Wildman–Crippen LogP) is 4.30. The summed E-state index contributed by atoms with van der Waals surface area (Å²) in [5.74, 6) is 0.946. The highest BCUT2D eigenvalue weighted by atomic mass is 16.1. The van der Waals surface area contributed by atoms with Crippen LogP contribution in [0, 0.1) is 18.8 Å². The van der Waals surface area contributed by atoms with Crippen LogP contribution in [0.15, 0.2) is 53.5 Å².